The van der Waals surface area contributed by atoms with Crippen LogP contribution < -0.4 is 5.32 Å². The number of amides is 1. The SMILES string of the molecule is CCc1ccccc1NC(=O)Cc1cc(C)on1. The molecule has 0 radical (unpaired) electrons. The van der Waals surface area contributed by atoms with E-state index in [2.05, 4.69) is 17.4 Å². The van der Waals surface area contributed by atoms with Gasteiger partial charge in [0.25, 0.3) is 0 Å². The predicted molar refractivity (Wildman–Crippen MR) is 69.4 cm³/mol. The van der Waals surface area contributed by atoms with Gasteiger partial charge in [0.15, 0.2) is 0 Å². The molecule has 2 rings (SSSR count). The first kappa shape index (κ1) is 12.4. The summed E-state index contributed by atoms with van der Waals surface area (Å²) in [6.07, 6.45) is 1.12. The molecule has 0 aliphatic rings. The summed E-state index contributed by atoms with van der Waals surface area (Å²) in [6, 6.07) is 9.57. The first-order valence-corrected chi connectivity index (χ1v) is 5.99. The molecule has 0 fully saturated rings. The van der Waals surface area contributed by atoms with Crippen LogP contribution >= 0.6 is 0 Å². The average molecular weight is 244 g/mol. The standard InChI is InChI=1S/C14H16N2O2/c1-3-11-6-4-5-7-13(11)15-14(17)9-12-8-10(2)18-16-12/h4-8H,3,9H2,1-2H3,(H,15,17). The summed E-state index contributed by atoms with van der Waals surface area (Å²) in [7, 11) is 0. The molecule has 0 aliphatic carbocycles. The summed E-state index contributed by atoms with van der Waals surface area (Å²) >= 11 is 0. The van der Waals surface area contributed by atoms with Crippen LogP contribution in [0.1, 0.15) is 23.9 Å². The Labute approximate surface area is 106 Å². The van der Waals surface area contributed by atoms with Gasteiger partial charge < -0.3 is 9.84 Å². The van der Waals surface area contributed by atoms with Crippen LogP contribution in [0.4, 0.5) is 5.69 Å². The molecule has 0 unspecified atom stereocenters. The van der Waals surface area contributed by atoms with Gasteiger partial charge in [-0.2, -0.15) is 0 Å². The zero-order valence-electron chi connectivity index (χ0n) is 10.6. The van der Waals surface area contributed by atoms with Crippen LogP contribution in [-0.2, 0) is 17.6 Å². The monoisotopic (exact) mass is 244 g/mol. The van der Waals surface area contributed by atoms with Crippen LogP contribution in [0.2, 0.25) is 0 Å². The van der Waals surface area contributed by atoms with Gasteiger partial charge in [-0.05, 0) is 25.0 Å². The third-order valence-corrected chi connectivity index (χ3v) is 2.69. The molecule has 4 heteroatoms. The van der Waals surface area contributed by atoms with E-state index in [0.29, 0.717) is 11.5 Å². The highest BCUT2D eigenvalue weighted by atomic mass is 16.5. The van der Waals surface area contributed by atoms with Gasteiger partial charge in [0.1, 0.15) is 5.76 Å². The summed E-state index contributed by atoms with van der Waals surface area (Å²) in [5.41, 5.74) is 2.64. The van der Waals surface area contributed by atoms with Crippen LogP contribution in [0.5, 0.6) is 0 Å². The molecule has 0 atom stereocenters. The molecule has 0 saturated carbocycles. The molecule has 1 aromatic heterocycles. The van der Waals surface area contributed by atoms with Gasteiger partial charge in [-0.15, -0.1) is 0 Å². The zero-order valence-corrected chi connectivity index (χ0v) is 10.6. The molecule has 1 aromatic carbocycles. The van der Waals surface area contributed by atoms with Crippen LogP contribution in [0, 0.1) is 6.92 Å². The van der Waals surface area contributed by atoms with Crippen LogP contribution in [0.3, 0.4) is 0 Å². The summed E-state index contributed by atoms with van der Waals surface area (Å²) in [6.45, 7) is 3.87. The number of carbonyl (C=O) groups is 1. The molecular weight excluding hydrogens is 228 g/mol. The van der Waals surface area contributed by atoms with E-state index in [4.69, 9.17) is 4.52 Å². The minimum atomic E-state index is -0.0794. The summed E-state index contributed by atoms with van der Waals surface area (Å²) in [5, 5.41) is 6.70. The number of para-hydroxylation sites is 1. The molecule has 18 heavy (non-hydrogen) atoms. The first-order valence-electron chi connectivity index (χ1n) is 5.99. The molecule has 94 valence electrons. The Morgan fingerprint density at radius 2 is 2.17 bits per heavy atom. The highest BCUT2D eigenvalue weighted by Crippen LogP contribution is 2.15. The van der Waals surface area contributed by atoms with E-state index in [1.807, 2.05) is 24.3 Å². The van der Waals surface area contributed by atoms with Gasteiger partial charge in [0.2, 0.25) is 5.91 Å². The van der Waals surface area contributed by atoms with Crippen LogP contribution in [0.25, 0.3) is 0 Å². The van der Waals surface area contributed by atoms with Crippen LogP contribution in [0.15, 0.2) is 34.9 Å². The fourth-order valence-corrected chi connectivity index (χ4v) is 1.81. The highest BCUT2D eigenvalue weighted by Gasteiger charge is 2.09. The molecule has 0 aliphatic heterocycles. The molecular formula is C14H16N2O2. The number of nitrogens with zero attached hydrogens (tertiary/aromatic N) is 1. The molecule has 0 bridgehead atoms. The van der Waals surface area contributed by atoms with E-state index in [0.717, 1.165) is 17.7 Å². The van der Waals surface area contributed by atoms with E-state index in [1.54, 1.807) is 13.0 Å². The third-order valence-electron chi connectivity index (χ3n) is 2.69. The number of carbonyl (C=O) groups excluding carboxylic acids is 1. The third kappa shape index (κ3) is 2.97. The van der Waals surface area contributed by atoms with Gasteiger partial charge in [-0.3, -0.25) is 4.79 Å². The first-order chi connectivity index (χ1) is 8.69. The lowest BCUT2D eigenvalue weighted by molar-refractivity contribution is -0.115. The van der Waals surface area contributed by atoms with Crippen molar-refractivity contribution in [1.82, 2.24) is 5.16 Å². The lowest BCUT2D eigenvalue weighted by Gasteiger charge is -2.08. The highest BCUT2D eigenvalue weighted by molar-refractivity contribution is 5.92. The number of aromatic nitrogens is 1. The Kier molecular flexibility index (Phi) is 3.77. The number of rotatable bonds is 4. The van der Waals surface area contributed by atoms with Crippen molar-refractivity contribution in [3.05, 3.63) is 47.3 Å². The maximum atomic E-state index is 11.9. The van der Waals surface area contributed by atoms with Crippen molar-refractivity contribution in [3.8, 4) is 0 Å². The fourth-order valence-electron chi connectivity index (χ4n) is 1.81. The van der Waals surface area contributed by atoms with Gasteiger partial charge in [-0.1, -0.05) is 30.3 Å². The van der Waals surface area contributed by atoms with Gasteiger partial charge in [0.05, 0.1) is 12.1 Å². The molecule has 0 spiro atoms. The molecule has 1 N–H and O–H groups in total. The van der Waals surface area contributed by atoms with Crippen molar-refractivity contribution in [3.63, 3.8) is 0 Å². The van der Waals surface area contributed by atoms with Crippen molar-refractivity contribution >= 4 is 11.6 Å². The minimum Gasteiger partial charge on any atom is -0.361 e. The normalized spacial score (nSPS) is 10.3. The number of anilines is 1. The topological polar surface area (TPSA) is 55.1 Å². The van der Waals surface area contributed by atoms with Crippen molar-refractivity contribution in [2.24, 2.45) is 0 Å². The lowest BCUT2D eigenvalue weighted by atomic mass is 10.1. The Bertz CT molecular complexity index is 546. The number of benzene rings is 1. The summed E-state index contributed by atoms with van der Waals surface area (Å²) in [5.74, 6) is 0.635. The Balaban J connectivity index is 2.03. The van der Waals surface area contributed by atoms with Gasteiger partial charge in [-0.25, -0.2) is 0 Å². The van der Waals surface area contributed by atoms with E-state index in [9.17, 15) is 4.79 Å². The maximum Gasteiger partial charge on any atom is 0.230 e. The van der Waals surface area contributed by atoms with Gasteiger partial charge in [0, 0.05) is 11.8 Å². The maximum absolute atomic E-state index is 11.9. The number of aryl methyl sites for hydroxylation is 2. The molecule has 0 saturated heterocycles. The van der Waals surface area contributed by atoms with E-state index in [-0.39, 0.29) is 12.3 Å². The second kappa shape index (κ2) is 5.49. The Morgan fingerprint density at radius 1 is 1.39 bits per heavy atom. The fraction of sp³-hybridized carbons (Fsp3) is 0.286. The minimum absolute atomic E-state index is 0.0794. The average Bonchev–Trinajstić information content (AvgIpc) is 2.75. The largest absolute Gasteiger partial charge is 0.361 e. The van der Waals surface area contributed by atoms with E-state index in [1.165, 1.54) is 0 Å². The summed E-state index contributed by atoms with van der Waals surface area (Å²) in [4.78, 5) is 11.9. The molecule has 2 aromatic rings. The zero-order chi connectivity index (χ0) is 13.0. The molecule has 1 heterocycles. The predicted octanol–water partition coefficient (Wildman–Crippen LogP) is 2.73. The van der Waals surface area contributed by atoms with Crippen molar-refractivity contribution in [2.45, 2.75) is 26.7 Å². The van der Waals surface area contributed by atoms with Crippen LogP contribution in [-0.4, -0.2) is 11.1 Å². The van der Waals surface area contributed by atoms with Gasteiger partial charge >= 0.3 is 0 Å². The van der Waals surface area contributed by atoms with Crippen molar-refractivity contribution in [2.75, 3.05) is 5.32 Å². The smallest absolute Gasteiger partial charge is 0.230 e. The quantitative estimate of drug-likeness (QED) is 0.899. The molecule has 4 nitrogen and oxygen atoms in total. The molecule has 1 amide bonds. The Morgan fingerprint density at radius 3 is 2.83 bits per heavy atom. The lowest BCUT2D eigenvalue weighted by Crippen LogP contribution is -2.15. The van der Waals surface area contributed by atoms with E-state index >= 15 is 0 Å². The number of hydrogen-bond acceptors (Lipinski definition) is 3. The summed E-state index contributed by atoms with van der Waals surface area (Å²) < 4.78 is 4.93. The van der Waals surface area contributed by atoms with Crippen molar-refractivity contribution in [1.29, 1.82) is 0 Å². The number of nitrogens with one attached hydrogen (secondary N) is 1. The van der Waals surface area contributed by atoms with Crippen molar-refractivity contribution < 1.29 is 9.32 Å². The Hall–Kier alpha value is -2.10. The number of hydrogen-bond donors (Lipinski definition) is 1. The van der Waals surface area contributed by atoms with E-state index < -0.39 is 0 Å². The second-order valence-electron chi connectivity index (χ2n) is 4.16. The second-order valence-corrected chi connectivity index (χ2v) is 4.16.